The van der Waals surface area contributed by atoms with Crippen molar-refractivity contribution in [1.82, 2.24) is 16.2 Å². The molecule has 0 aliphatic heterocycles. The van der Waals surface area contributed by atoms with Crippen LogP contribution in [0.4, 0.5) is 0 Å². The first kappa shape index (κ1) is 20.8. The van der Waals surface area contributed by atoms with E-state index in [1.165, 1.54) is 12.2 Å². The molecule has 0 radical (unpaired) electrons. The van der Waals surface area contributed by atoms with Gasteiger partial charge in [0.1, 0.15) is 11.6 Å². The van der Waals surface area contributed by atoms with Gasteiger partial charge in [-0.1, -0.05) is 54.1 Å². The molecule has 2 aromatic rings. The standard InChI is InChI=1S/C20H15ClN4O2S/c21-17-9-6-15(7-10-17)12-16(13-22)19(27)24-25-20(28)23-18(26)11-8-14-4-2-1-3-5-14/h1-12H,(H,24,27)(H2,23,25,26,28)/b11-8+,16-12-. The average molecular weight is 411 g/mol. The molecule has 140 valence electrons. The van der Waals surface area contributed by atoms with Crippen molar-refractivity contribution in [2.75, 3.05) is 0 Å². The van der Waals surface area contributed by atoms with E-state index in [0.717, 1.165) is 5.56 Å². The van der Waals surface area contributed by atoms with E-state index in [1.54, 1.807) is 36.4 Å². The number of rotatable bonds is 4. The van der Waals surface area contributed by atoms with Crippen molar-refractivity contribution in [3.63, 3.8) is 0 Å². The largest absolute Gasteiger partial charge is 0.298 e. The molecular formula is C20H15ClN4O2S. The third-order valence-electron chi connectivity index (χ3n) is 3.30. The van der Waals surface area contributed by atoms with Crippen LogP contribution in [0.5, 0.6) is 0 Å². The Balaban J connectivity index is 1.86. The maximum Gasteiger partial charge on any atom is 0.280 e. The number of halogens is 1. The molecule has 0 unspecified atom stereocenters. The minimum Gasteiger partial charge on any atom is -0.298 e. The third kappa shape index (κ3) is 7.03. The van der Waals surface area contributed by atoms with Crippen LogP contribution in [0, 0.1) is 11.3 Å². The number of nitrogens with one attached hydrogen (secondary N) is 3. The number of amides is 2. The van der Waals surface area contributed by atoms with Gasteiger partial charge in [-0.05, 0) is 47.6 Å². The number of carbonyl (C=O) groups is 2. The summed E-state index contributed by atoms with van der Waals surface area (Å²) in [5.41, 5.74) is 5.98. The normalized spacial score (nSPS) is 10.8. The van der Waals surface area contributed by atoms with Crippen LogP contribution in [0.3, 0.4) is 0 Å². The monoisotopic (exact) mass is 410 g/mol. The Morgan fingerprint density at radius 3 is 2.32 bits per heavy atom. The molecule has 0 aliphatic rings. The molecular weight excluding hydrogens is 396 g/mol. The quantitative estimate of drug-likeness (QED) is 0.312. The van der Waals surface area contributed by atoms with E-state index in [-0.39, 0.29) is 10.7 Å². The van der Waals surface area contributed by atoms with Crippen LogP contribution in [0.1, 0.15) is 11.1 Å². The molecule has 0 spiro atoms. The number of nitriles is 1. The third-order valence-corrected chi connectivity index (χ3v) is 3.76. The van der Waals surface area contributed by atoms with E-state index >= 15 is 0 Å². The molecule has 2 amide bonds. The molecule has 2 rings (SSSR count). The van der Waals surface area contributed by atoms with Crippen LogP contribution in [0.15, 0.2) is 66.2 Å². The number of carbonyl (C=O) groups excluding carboxylic acids is 2. The second-order valence-corrected chi connectivity index (χ2v) is 6.21. The Bertz CT molecular complexity index is 964. The lowest BCUT2D eigenvalue weighted by atomic mass is 10.1. The molecule has 0 bridgehead atoms. The summed E-state index contributed by atoms with van der Waals surface area (Å²) >= 11 is 10.7. The van der Waals surface area contributed by atoms with Gasteiger partial charge in [-0.3, -0.25) is 25.8 Å². The Morgan fingerprint density at radius 1 is 1.00 bits per heavy atom. The van der Waals surface area contributed by atoms with Gasteiger partial charge in [-0.25, -0.2) is 0 Å². The van der Waals surface area contributed by atoms with Gasteiger partial charge < -0.3 is 0 Å². The molecule has 8 heteroatoms. The average Bonchev–Trinajstić information content (AvgIpc) is 2.71. The zero-order chi connectivity index (χ0) is 20.4. The smallest absolute Gasteiger partial charge is 0.280 e. The molecule has 0 aliphatic carbocycles. The second kappa shape index (κ2) is 10.6. The van der Waals surface area contributed by atoms with E-state index in [4.69, 9.17) is 29.1 Å². The first-order valence-corrected chi connectivity index (χ1v) is 8.78. The zero-order valence-electron chi connectivity index (χ0n) is 14.5. The van der Waals surface area contributed by atoms with E-state index in [9.17, 15) is 9.59 Å². The fourth-order valence-electron chi connectivity index (χ4n) is 1.98. The summed E-state index contributed by atoms with van der Waals surface area (Å²) in [6.07, 6.45) is 4.34. The fourth-order valence-corrected chi connectivity index (χ4v) is 2.25. The van der Waals surface area contributed by atoms with Crippen LogP contribution in [0.25, 0.3) is 12.2 Å². The molecule has 0 fully saturated rings. The van der Waals surface area contributed by atoms with Crippen LogP contribution in [-0.2, 0) is 9.59 Å². The van der Waals surface area contributed by atoms with Crippen LogP contribution in [-0.4, -0.2) is 16.9 Å². The molecule has 3 N–H and O–H groups in total. The van der Waals surface area contributed by atoms with Crippen molar-refractivity contribution >= 4 is 52.9 Å². The Morgan fingerprint density at radius 2 is 1.68 bits per heavy atom. The van der Waals surface area contributed by atoms with Crippen LogP contribution >= 0.6 is 23.8 Å². The highest BCUT2D eigenvalue weighted by atomic mass is 35.5. The zero-order valence-corrected chi connectivity index (χ0v) is 16.1. The summed E-state index contributed by atoms with van der Waals surface area (Å²) in [5.74, 6) is -1.17. The van der Waals surface area contributed by atoms with Gasteiger partial charge in [0.15, 0.2) is 5.11 Å². The molecule has 6 nitrogen and oxygen atoms in total. The first-order valence-electron chi connectivity index (χ1n) is 8.00. The van der Waals surface area contributed by atoms with Crippen LogP contribution in [0.2, 0.25) is 5.02 Å². The Labute approximate surface area is 172 Å². The molecule has 2 aromatic carbocycles. The minimum atomic E-state index is -0.700. The predicted molar refractivity (Wildman–Crippen MR) is 113 cm³/mol. The second-order valence-electron chi connectivity index (χ2n) is 5.36. The number of nitrogens with zero attached hydrogens (tertiary/aromatic N) is 1. The molecule has 28 heavy (non-hydrogen) atoms. The number of hydrogen-bond donors (Lipinski definition) is 3. The lowest BCUT2D eigenvalue weighted by molar-refractivity contribution is -0.118. The van der Waals surface area contributed by atoms with E-state index < -0.39 is 11.8 Å². The molecule has 0 aromatic heterocycles. The Hall–Kier alpha value is -3.47. The fraction of sp³-hybridized carbons (Fsp3) is 0. The van der Waals surface area contributed by atoms with Gasteiger partial charge in [0, 0.05) is 11.1 Å². The summed E-state index contributed by atoms with van der Waals surface area (Å²) in [6.45, 7) is 0. The van der Waals surface area contributed by atoms with Crippen molar-refractivity contribution < 1.29 is 9.59 Å². The highest BCUT2D eigenvalue weighted by molar-refractivity contribution is 7.80. The van der Waals surface area contributed by atoms with Gasteiger partial charge in [0.05, 0.1) is 0 Å². The van der Waals surface area contributed by atoms with Crippen molar-refractivity contribution in [2.24, 2.45) is 0 Å². The lowest BCUT2D eigenvalue weighted by Gasteiger charge is -2.09. The topological polar surface area (TPSA) is 94.0 Å². The molecule has 0 saturated heterocycles. The minimum absolute atomic E-state index is 0.111. The van der Waals surface area contributed by atoms with E-state index in [0.29, 0.717) is 10.6 Å². The van der Waals surface area contributed by atoms with Gasteiger partial charge in [0.25, 0.3) is 5.91 Å². The Kier molecular flexibility index (Phi) is 7.91. The van der Waals surface area contributed by atoms with E-state index in [2.05, 4.69) is 16.2 Å². The summed E-state index contributed by atoms with van der Waals surface area (Å²) in [5, 5.41) is 12.0. The van der Waals surface area contributed by atoms with Crippen molar-refractivity contribution in [1.29, 1.82) is 5.26 Å². The predicted octanol–water partition coefficient (Wildman–Crippen LogP) is 2.98. The molecule has 0 heterocycles. The van der Waals surface area contributed by atoms with E-state index in [1.807, 2.05) is 30.3 Å². The summed E-state index contributed by atoms with van der Waals surface area (Å²) in [4.78, 5) is 23.9. The SMILES string of the molecule is N#C/C(=C/c1ccc(Cl)cc1)C(=O)NNC(=S)NC(=O)/C=C/c1ccccc1. The highest BCUT2D eigenvalue weighted by Crippen LogP contribution is 2.12. The summed E-state index contributed by atoms with van der Waals surface area (Å²) < 4.78 is 0. The first-order chi connectivity index (χ1) is 13.5. The maximum absolute atomic E-state index is 12.1. The van der Waals surface area contributed by atoms with Crippen molar-refractivity contribution in [3.8, 4) is 6.07 Å². The summed E-state index contributed by atoms with van der Waals surface area (Å²) in [6, 6.07) is 17.7. The number of hydrogen-bond acceptors (Lipinski definition) is 4. The molecule has 0 atom stereocenters. The number of hydrazine groups is 1. The number of benzene rings is 2. The summed E-state index contributed by atoms with van der Waals surface area (Å²) in [7, 11) is 0. The van der Waals surface area contributed by atoms with Gasteiger partial charge in [0.2, 0.25) is 5.91 Å². The molecule has 0 saturated carbocycles. The highest BCUT2D eigenvalue weighted by Gasteiger charge is 2.10. The van der Waals surface area contributed by atoms with Gasteiger partial charge in [-0.15, -0.1) is 0 Å². The van der Waals surface area contributed by atoms with Crippen molar-refractivity contribution in [2.45, 2.75) is 0 Å². The van der Waals surface area contributed by atoms with Gasteiger partial charge in [-0.2, -0.15) is 5.26 Å². The number of thiocarbonyl (C=S) groups is 1. The lowest BCUT2D eigenvalue weighted by Crippen LogP contribution is -2.48. The van der Waals surface area contributed by atoms with Gasteiger partial charge >= 0.3 is 0 Å². The van der Waals surface area contributed by atoms with Crippen molar-refractivity contribution in [3.05, 3.63) is 82.4 Å². The van der Waals surface area contributed by atoms with Crippen LogP contribution < -0.4 is 16.2 Å². The maximum atomic E-state index is 12.1.